The number of unbranched alkanes of at least 4 members (excludes halogenated alkanes) is 3. The molecule has 0 fully saturated rings. The number of hydrogen-bond acceptors (Lipinski definition) is 5. The molecule has 0 aromatic heterocycles. The molecule has 5 heteroatoms. The number of rotatable bonds is 15. The fraction of sp³-hybridized carbons (Fsp3) is 0.273. The van der Waals surface area contributed by atoms with Gasteiger partial charge in [0.05, 0.1) is 33.8 Å². The summed E-state index contributed by atoms with van der Waals surface area (Å²) in [5.74, 6) is -0.364. The van der Waals surface area contributed by atoms with Crippen LogP contribution in [0.25, 0.3) is 0 Å². The molecule has 0 aliphatic heterocycles. The summed E-state index contributed by atoms with van der Waals surface area (Å²) in [5.41, 5.74) is 9.86. The minimum atomic E-state index is -0.187. The van der Waals surface area contributed by atoms with Crippen molar-refractivity contribution in [2.75, 3.05) is 16.0 Å². The lowest BCUT2D eigenvalue weighted by Crippen LogP contribution is -2.24. The van der Waals surface area contributed by atoms with Crippen LogP contribution >= 0.6 is 0 Å². The number of fused-ring (bicyclic) bond motifs is 2. The third-order valence-corrected chi connectivity index (χ3v) is 9.35. The Labute approximate surface area is 291 Å². The summed E-state index contributed by atoms with van der Waals surface area (Å²) >= 11 is 0. The van der Waals surface area contributed by atoms with Crippen LogP contribution in [0.15, 0.2) is 103 Å². The molecule has 0 amide bonds. The van der Waals surface area contributed by atoms with Crippen LogP contribution in [-0.2, 0) is 19.3 Å². The Balaban J connectivity index is 1.37. The Kier molecular flexibility index (Phi) is 10.9. The van der Waals surface area contributed by atoms with Gasteiger partial charge in [-0.25, -0.2) is 0 Å². The van der Waals surface area contributed by atoms with Gasteiger partial charge in [0.2, 0.25) is 0 Å². The number of nitrogens with one attached hydrogen (secondary N) is 3. The second-order valence-electron chi connectivity index (χ2n) is 13.1. The topological polar surface area (TPSA) is 70.2 Å². The Morgan fingerprint density at radius 1 is 0.408 bits per heavy atom. The number of aryl methyl sites for hydroxylation is 3. The standard InChI is InChI=1S/C44H47N3O2/c1-4-7-11-30-16-22-33(23-17-30)45-37-15-10-14-36-40(37)44(49)42-39(47-35-26-20-32(21-27-35)13-9-6-3)29-28-38(41(42)43(36)48)46-34-24-18-31(19-25-34)12-8-5-2/h10,14-29,45-47H,4-9,11-13H2,1-3H3. The molecular weight excluding hydrogens is 603 g/mol. The molecule has 6 rings (SSSR count). The largest absolute Gasteiger partial charge is 0.355 e. The number of hydrogen-bond donors (Lipinski definition) is 3. The van der Waals surface area contributed by atoms with E-state index in [1.165, 1.54) is 16.7 Å². The second-order valence-corrected chi connectivity index (χ2v) is 13.1. The van der Waals surface area contributed by atoms with Gasteiger partial charge in [-0.3, -0.25) is 9.59 Å². The smallest absolute Gasteiger partial charge is 0.198 e. The van der Waals surface area contributed by atoms with Crippen molar-refractivity contribution in [2.45, 2.75) is 78.6 Å². The summed E-state index contributed by atoms with van der Waals surface area (Å²) < 4.78 is 0. The third-order valence-electron chi connectivity index (χ3n) is 9.35. The third kappa shape index (κ3) is 7.78. The Morgan fingerprint density at radius 2 is 0.776 bits per heavy atom. The summed E-state index contributed by atoms with van der Waals surface area (Å²) in [6, 6.07) is 34.3. The lowest BCUT2D eigenvalue weighted by molar-refractivity contribution is 0.0981. The summed E-state index contributed by atoms with van der Waals surface area (Å²) in [4.78, 5) is 29.2. The van der Waals surface area contributed by atoms with E-state index < -0.39 is 0 Å². The highest BCUT2D eigenvalue weighted by atomic mass is 16.1. The Morgan fingerprint density at radius 3 is 1.16 bits per heavy atom. The number of benzene rings is 5. The van der Waals surface area contributed by atoms with Gasteiger partial charge in [0, 0.05) is 22.6 Å². The van der Waals surface area contributed by atoms with Gasteiger partial charge in [0.1, 0.15) is 0 Å². The molecule has 5 aromatic rings. The monoisotopic (exact) mass is 649 g/mol. The van der Waals surface area contributed by atoms with Gasteiger partial charge in [-0.1, -0.05) is 88.6 Å². The predicted octanol–water partition coefficient (Wildman–Crippen LogP) is 11.7. The van der Waals surface area contributed by atoms with Crippen molar-refractivity contribution >= 4 is 45.7 Å². The van der Waals surface area contributed by atoms with E-state index in [4.69, 9.17) is 0 Å². The Hall–Kier alpha value is -5.16. The molecule has 5 aromatic carbocycles. The van der Waals surface area contributed by atoms with Gasteiger partial charge in [-0.2, -0.15) is 0 Å². The molecule has 0 radical (unpaired) electrons. The van der Waals surface area contributed by atoms with Gasteiger partial charge in [-0.05, 0) is 110 Å². The van der Waals surface area contributed by atoms with Crippen molar-refractivity contribution in [3.63, 3.8) is 0 Å². The van der Waals surface area contributed by atoms with Crippen LogP contribution in [0.3, 0.4) is 0 Å². The molecule has 0 unspecified atom stereocenters. The van der Waals surface area contributed by atoms with Crippen LogP contribution in [0.5, 0.6) is 0 Å². The molecule has 49 heavy (non-hydrogen) atoms. The quantitative estimate of drug-likeness (QED) is 0.103. The zero-order valence-corrected chi connectivity index (χ0v) is 29.0. The van der Waals surface area contributed by atoms with Crippen LogP contribution in [0, 0.1) is 0 Å². The molecule has 0 heterocycles. The van der Waals surface area contributed by atoms with Gasteiger partial charge in [-0.15, -0.1) is 0 Å². The first-order valence-electron chi connectivity index (χ1n) is 18.0. The fourth-order valence-electron chi connectivity index (χ4n) is 6.51. The molecule has 0 spiro atoms. The molecule has 3 N–H and O–H groups in total. The predicted molar refractivity (Wildman–Crippen MR) is 205 cm³/mol. The number of carbonyl (C=O) groups is 2. The lowest BCUT2D eigenvalue weighted by atomic mass is 9.81. The van der Waals surface area contributed by atoms with E-state index in [-0.39, 0.29) is 11.6 Å². The van der Waals surface area contributed by atoms with E-state index in [1.54, 1.807) is 6.07 Å². The molecule has 250 valence electrons. The molecule has 1 aliphatic rings. The number of anilines is 6. The molecule has 0 bridgehead atoms. The lowest BCUT2D eigenvalue weighted by Gasteiger charge is -2.26. The molecule has 0 atom stereocenters. The van der Waals surface area contributed by atoms with Crippen molar-refractivity contribution in [2.24, 2.45) is 0 Å². The molecule has 1 aliphatic carbocycles. The van der Waals surface area contributed by atoms with Gasteiger partial charge in [0.15, 0.2) is 11.6 Å². The summed E-state index contributed by atoms with van der Waals surface area (Å²) in [6.45, 7) is 6.59. The van der Waals surface area contributed by atoms with Crippen molar-refractivity contribution in [3.8, 4) is 0 Å². The van der Waals surface area contributed by atoms with Crippen LogP contribution in [0.4, 0.5) is 34.1 Å². The molecule has 5 nitrogen and oxygen atoms in total. The first kappa shape index (κ1) is 33.7. The van der Waals surface area contributed by atoms with Crippen LogP contribution < -0.4 is 16.0 Å². The zero-order chi connectivity index (χ0) is 34.2. The van der Waals surface area contributed by atoms with Crippen LogP contribution in [-0.4, -0.2) is 11.6 Å². The maximum absolute atomic E-state index is 14.7. The normalized spacial score (nSPS) is 12.0. The first-order chi connectivity index (χ1) is 24.0. The van der Waals surface area contributed by atoms with Crippen molar-refractivity contribution in [3.05, 3.63) is 142 Å². The van der Waals surface area contributed by atoms with E-state index >= 15 is 0 Å². The van der Waals surface area contributed by atoms with Gasteiger partial charge in [0.25, 0.3) is 0 Å². The highest BCUT2D eigenvalue weighted by Gasteiger charge is 2.36. The highest BCUT2D eigenvalue weighted by Crippen LogP contribution is 2.41. The molecule has 0 saturated heterocycles. The van der Waals surface area contributed by atoms with Crippen LogP contribution in [0.2, 0.25) is 0 Å². The van der Waals surface area contributed by atoms with E-state index in [1.807, 2.05) is 60.7 Å². The number of ketones is 2. The van der Waals surface area contributed by atoms with E-state index in [0.29, 0.717) is 39.3 Å². The molecule has 0 saturated carbocycles. The summed E-state index contributed by atoms with van der Waals surface area (Å²) in [7, 11) is 0. The minimum Gasteiger partial charge on any atom is -0.355 e. The average Bonchev–Trinajstić information content (AvgIpc) is 3.13. The maximum Gasteiger partial charge on any atom is 0.198 e. The highest BCUT2D eigenvalue weighted by molar-refractivity contribution is 6.33. The van der Waals surface area contributed by atoms with Crippen molar-refractivity contribution in [1.29, 1.82) is 0 Å². The SMILES string of the molecule is CCCCc1ccc(Nc2cccc3c2C(=O)c2c(Nc4ccc(CCCC)cc4)ccc(Nc4ccc(CCCC)cc4)c2C3=O)cc1. The Bertz CT molecular complexity index is 1910. The first-order valence-corrected chi connectivity index (χ1v) is 18.0. The van der Waals surface area contributed by atoms with E-state index in [2.05, 4.69) is 73.1 Å². The number of carbonyl (C=O) groups excluding carboxylic acids is 2. The van der Waals surface area contributed by atoms with Crippen molar-refractivity contribution < 1.29 is 9.59 Å². The van der Waals surface area contributed by atoms with E-state index in [9.17, 15) is 9.59 Å². The molecular formula is C44H47N3O2. The average molecular weight is 650 g/mol. The summed E-state index contributed by atoms with van der Waals surface area (Å²) in [6.07, 6.45) is 10.00. The van der Waals surface area contributed by atoms with Gasteiger partial charge >= 0.3 is 0 Å². The maximum atomic E-state index is 14.7. The van der Waals surface area contributed by atoms with E-state index in [0.717, 1.165) is 74.8 Å². The second kappa shape index (κ2) is 15.8. The minimum absolute atomic E-state index is 0.177. The van der Waals surface area contributed by atoms with Crippen LogP contribution in [0.1, 0.15) is 108 Å². The summed E-state index contributed by atoms with van der Waals surface area (Å²) in [5, 5.41) is 10.4. The fourth-order valence-corrected chi connectivity index (χ4v) is 6.51. The van der Waals surface area contributed by atoms with Crippen molar-refractivity contribution in [1.82, 2.24) is 0 Å². The zero-order valence-electron chi connectivity index (χ0n) is 29.0. The van der Waals surface area contributed by atoms with Gasteiger partial charge < -0.3 is 16.0 Å².